The predicted octanol–water partition coefficient (Wildman–Crippen LogP) is 5.11. The SMILES string of the molecule is COc1nc(C(F)F)ccc1-c1ccc2cnc(CNC(=O)c3cc(C(F)F)c4c(c3)S(=O)(=O)[C@@H](F)COC4)cc2n1. The van der Waals surface area contributed by atoms with Crippen LogP contribution in [0.25, 0.3) is 22.2 Å². The monoisotopic (exact) mass is 608 g/mol. The summed E-state index contributed by atoms with van der Waals surface area (Å²) < 4.78 is 103. The number of ether oxygens (including phenoxy) is 2. The van der Waals surface area contributed by atoms with E-state index < -0.39 is 74.6 Å². The molecular weight excluding hydrogens is 587 g/mol. The average molecular weight is 609 g/mol. The van der Waals surface area contributed by atoms with E-state index in [1.165, 1.54) is 19.4 Å². The Labute approximate surface area is 235 Å². The fourth-order valence-corrected chi connectivity index (χ4v) is 5.75. The highest BCUT2D eigenvalue weighted by molar-refractivity contribution is 7.92. The van der Waals surface area contributed by atoms with Crippen molar-refractivity contribution in [2.24, 2.45) is 0 Å². The number of hydrogen-bond acceptors (Lipinski definition) is 8. The van der Waals surface area contributed by atoms with E-state index in [-0.39, 0.29) is 12.4 Å². The number of nitrogens with one attached hydrogen (secondary N) is 1. The smallest absolute Gasteiger partial charge is 0.280 e. The molecule has 1 aliphatic rings. The standard InChI is InChI=1S/C27H21F5N4O5S/c1-40-27-16(3-5-20(36-27)25(31)32)19-4-2-13-9-33-15(8-21(13)35-19)10-34-26(37)14-6-17(24(29)30)18-11-41-12-23(28)42(38,39)22(18)7-14/h2-9,23-25H,10-12H2,1H3,(H,34,37)/t23-/m1/s1. The summed E-state index contributed by atoms with van der Waals surface area (Å²) in [6.45, 7) is -1.57. The lowest BCUT2D eigenvalue weighted by atomic mass is 10.0. The van der Waals surface area contributed by atoms with Gasteiger partial charge >= 0.3 is 0 Å². The first-order valence-electron chi connectivity index (χ1n) is 12.3. The van der Waals surface area contributed by atoms with Crippen LogP contribution in [0.15, 0.2) is 53.6 Å². The van der Waals surface area contributed by atoms with Gasteiger partial charge in [-0.2, -0.15) is 0 Å². The van der Waals surface area contributed by atoms with Gasteiger partial charge in [-0.3, -0.25) is 9.78 Å². The summed E-state index contributed by atoms with van der Waals surface area (Å²) in [7, 11) is -3.38. The van der Waals surface area contributed by atoms with Crippen LogP contribution >= 0.6 is 0 Å². The summed E-state index contributed by atoms with van der Waals surface area (Å²) in [4.78, 5) is 24.8. The van der Waals surface area contributed by atoms with E-state index >= 15 is 0 Å². The van der Waals surface area contributed by atoms with Crippen LogP contribution in [0.3, 0.4) is 0 Å². The number of halogens is 5. The van der Waals surface area contributed by atoms with Crippen molar-refractivity contribution >= 4 is 26.6 Å². The highest BCUT2D eigenvalue weighted by Crippen LogP contribution is 2.35. The second-order valence-electron chi connectivity index (χ2n) is 9.15. The Morgan fingerprint density at radius 3 is 2.60 bits per heavy atom. The van der Waals surface area contributed by atoms with Crippen molar-refractivity contribution < 1.29 is 44.6 Å². The molecule has 0 saturated heterocycles. The van der Waals surface area contributed by atoms with Crippen LogP contribution in [0.1, 0.15) is 45.7 Å². The largest absolute Gasteiger partial charge is 0.480 e. The van der Waals surface area contributed by atoms with Crippen molar-refractivity contribution in [2.45, 2.75) is 36.4 Å². The summed E-state index contributed by atoms with van der Waals surface area (Å²) in [5.41, 5.74) is -3.00. The number of methoxy groups -OCH3 is 1. The minimum absolute atomic E-state index is 0.0437. The van der Waals surface area contributed by atoms with Gasteiger partial charge in [0.2, 0.25) is 21.2 Å². The first kappa shape index (κ1) is 29.3. The highest BCUT2D eigenvalue weighted by atomic mass is 32.2. The zero-order valence-corrected chi connectivity index (χ0v) is 22.5. The van der Waals surface area contributed by atoms with E-state index in [0.29, 0.717) is 27.9 Å². The van der Waals surface area contributed by atoms with Crippen LogP contribution in [0.4, 0.5) is 22.0 Å². The summed E-state index contributed by atoms with van der Waals surface area (Å²) in [6, 6.07) is 9.15. The van der Waals surface area contributed by atoms with Gasteiger partial charge < -0.3 is 14.8 Å². The van der Waals surface area contributed by atoms with Gasteiger partial charge in [-0.15, -0.1) is 0 Å². The number of nitrogens with zero attached hydrogens (tertiary/aromatic N) is 3. The molecular formula is C27H21F5N4O5S. The summed E-state index contributed by atoms with van der Waals surface area (Å²) in [5.74, 6) is -0.938. The third-order valence-corrected chi connectivity index (χ3v) is 8.30. The molecule has 3 aromatic heterocycles. The molecule has 0 spiro atoms. The zero-order chi connectivity index (χ0) is 30.2. The fourth-order valence-electron chi connectivity index (χ4n) is 4.39. The van der Waals surface area contributed by atoms with Gasteiger partial charge in [-0.1, -0.05) is 0 Å². The van der Waals surface area contributed by atoms with Crippen LogP contribution < -0.4 is 10.1 Å². The number of amides is 1. The van der Waals surface area contributed by atoms with Crippen LogP contribution in [0, 0.1) is 0 Å². The molecule has 0 aliphatic carbocycles. The lowest BCUT2D eigenvalue weighted by Gasteiger charge is -2.15. The Morgan fingerprint density at radius 2 is 1.88 bits per heavy atom. The predicted molar refractivity (Wildman–Crippen MR) is 139 cm³/mol. The Balaban J connectivity index is 1.42. The number of pyridine rings is 3. The molecule has 1 aromatic carbocycles. The van der Waals surface area contributed by atoms with E-state index in [1.54, 1.807) is 18.2 Å². The first-order valence-corrected chi connectivity index (χ1v) is 13.8. The topological polar surface area (TPSA) is 120 Å². The van der Waals surface area contributed by atoms with E-state index in [2.05, 4.69) is 20.3 Å². The maximum absolute atomic E-state index is 14.2. The molecule has 220 valence electrons. The molecule has 0 fully saturated rings. The minimum Gasteiger partial charge on any atom is -0.480 e. The third-order valence-electron chi connectivity index (χ3n) is 6.51. The molecule has 1 atom stereocenters. The van der Waals surface area contributed by atoms with Gasteiger partial charge in [0.15, 0.2) is 0 Å². The van der Waals surface area contributed by atoms with Crippen molar-refractivity contribution in [3.63, 3.8) is 0 Å². The minimum atomic E-state index is -4.68. The number of carbonyl (C=O) groups is 1. The van der Waals surface area contributed by atoms with E-state index in [9.17, 15) is 35.2 Å². The quantitative estimate of drug-likeness (QED) is 0.288. The van der Waals surface area contributed by atoms with Crippen molar-refractivity contribution in [2.75, 3.05) is 13.7 Å². The molecule has 1 N–H and O–H groups in total. The van der Waals surface area contributed by atoms with Gasteiger partial charge in [0.25, 0.3) is 18.8 Å². The average Bonchev–Trinajstić information content (AvgIpc) is 3.09. The number of benzene rings is 1. The third kappa shape index (κ3) is 5.61. The Hall–Kier alpha value is -4.24. The molecule has 1 aliphatic heterocycles. The lowest BCUT2D eigenvalue weighted by Crippen LogP contribution is -2.25. The highest BCUT2D eigenvalue weighted by Gasteiger charge is 2.36. The molecule has 4 aromatic rings. The van der Waals surface area contributed by atoms with Gasteiger partial charge in [-0.25, -0.2) is 40.3 Å². The van der Waals surface area contributed by atoms with Crippen molar-refractivity contribution in [3.8, 4) is 17.1 Å². The van der Waals surface area contributed by atoms with E-state index in [4.69, 9.17) is 9.47 Å². The number of aromatic nitrogens is 3. The van der Waals surface area contributed by atoms with Crippen LogP contribution in [-0.2, 0) is 27.7 Å². The number of sulfone groups is 1. The second kappa shape index (κ2) is 11.6. The number of rotatable bonds is 7. The van der Waals surface area contributed by atoms with Crippen molar-refractivity contribution in [3.05, 3.63) is 76.7 Å². The summed E-state index contributed by atoms with van der Waals surface area (Å²) in [6.07, 6.45) is -4.45. The maximum Gasteiger partial charge on any atom is 0.280 e. The normalized spacial score (nSPS) is 16.3. The fraction of sp³-hybridized carbons (Fsp3) is 0.259. The molecule has 42 heavy (non-hydrogen) atoms. The molecule has 0 bridgehead atoms. The molecule has 0 radical (unpaired) electrons. The molecule has 15 heteroatoms. The number of fused-ring (bicyclic) bond motifs is 2. The van der Waals surface area contributed by atoms with Crippen molar-refractivity contribution in [1.82, 2.24) is 20.3 Å². The van der Waals surface area contributed by atoms with Gasteiger partial charge in [0, 0.05) is 28.3 Å². The Bertz CT molecular complexity index is 1790. The van der Waals surface area contributed by atoms with Gasteiger partial charge in [0.05, 0.1) is 54.2 Å². The van der Waals surface area contributed by atoms with Crippen LogP contribution in [-0.4, -0.2) is 48.5 Å². The van der Waals surface area contributed by atoms with E-state index in [1.807, 2.05) is 0 Å². The second-order valence-corrected chi connectivity index (χ2v) is 11.2. The Kier molecular flexibility index (Phi) is 8.06. The molecule has 1 amide bonds. The number of carbonyl (C=O) groups excluding carboxylic acids is 1. The maximum atomic E-state index is 14.2. The van der Waals surface area contributed by atoms with Crippen LogP contribution in [0.5, 0.6) is 5.88 Å². The molecule has 0 unspecified atom stereocenters. The van der Waals surface area contributed by atoms with Gasteiger partial charge in [0.1, 0.15) is 5.69 Å². The molecule has 0 saturated carbocycles. The van der Waals surface area contributed by atoms with E-state index in [0.717, 1.165) is 18.2 Å². The molecule has 4 heterocycles. The number of alkyl halides is 5. The summed E-state index contributed by atoms with van der Waals surface area (Å²) in [5, 5.41) is 3.11. The Morgan fingerprint density at radius 1 is 1.10 bits per heavy atom. The number of hydrogen-bond donors (Lipinski definition) is 1. The van der Waals surface area contributed by atoms with Gasteiger partial charge in [-0.05, 0) is 42.5 Å². The lowest BCUT2D eigenvalue weighted by molar-refractivity contribution is 0.0914. The van der Waals surface area contributed by atoms with Crippen molar-refractivity contribution in [1.29, 1.82) is 0 Å². The van der Waals surface area contributed by atoms with Crippen LogP contribution in [0.2, 0.25) is 0 Å². The first-order chi connectivity index (χ1) is 20.0. The molecule has 5 rings (SSSR count). The summed E-state index contributed by atoms with van der Waals surface area (Å²) >= 11 is 0. The molecule has 9 nitrogen and oxygen atoms in total. The zero-order valence-electron chi connectivity index (χ0n) is 21.7.